The number of allylic oxidation sites excluding steroid dienone is 1. The van der Waals surface area contributed by atoms with E-state index >= 15 is 0 Å². The Balaban J connectivity index is 2.50. The van der Waals surface area contributed by atoms with Crippen molar-refractivity contribution in [2.45, 2.75) is 33.6 Å². The van der Waals surface area contributed by atoms with Gasteiger partial charge in [0.05, 0.1) is 12.0 Å². The molecule has 0 N–H and O–H groups in total. The number of hydrogen-bond acceptors (Lipinski definition) is 7. The molecule has 0 radical (unpaired) electrons. The third-order valence-corrected chi connectivity index (χ3v) is 3.25. The fraction of sp³-hybridized carbons (Fsp3) is 0.316. The van der Waals surface area contributed by atoms with Gasteiger partial charge in [0.15, 0.2) is 17.1 Å². The van der Waals surface area contributed by atoms with Crippen molar-refractivity contribution in [1.82, 2.24) is 0 Å². The van der Waals surface area contributed by atoms with Gasteiger partial charge in [-0.05, 0) is 25.0 Å². The molecule has 7 nitrogen and oxygen atoms in total. The highest BCUT2D eigenvalue weighted by atomic mass is 16.6. The first kappa shape index (κ1) is 19.2. The minimum atomic E-state index is -0.939. The molecule has 0 spiro atoms. The molecule has 0 saturated heterocycles. The van der Waals surface area contributed by atoms with Crippen molar-refractivity contribution in [2.75, 3.05) is 6.61 Å². The van der Waals surface area contributed by atoms with Crippen molar-refractivity contribution in [2.24, 2.45) is 0 Å². The molecule has 2 aromatic rings. The molecule has 26 heavy (non-hydrogen) atoms. The van der Waals surface area contributed by atoms with Crippen LogP contribution in [0.15, 0.2) is 39.6 Å². The van der Waals surface area contributed by atoms with E-state index in [4.69, 9.17) is 18.6 Å². The first-order valence-electron chi connectivity index (χ1n) is 8.18. The number of hydrogen-bond donors (Lipinski definition) is 0. The first-order chi connectivity index (χ1) is 12.4. The van der Waals surface area contributed by atoms with Crippen LogP contribution in [-0.2, 0) is 9.59 Å². The number of fused-ring (bicyclic) bond motifs is 1. The highest BCUT2D eigenvalue weighted by Gasteiger charge is 2.22. The molecule has 0 fully saturated rings. The zero-order valence-corrected chi connectivity index (χ0v) is 14.9. The normalized spacial score (nSPS) is 10.9. The number of carbonyl (C=O) groups is 2. The number of ether oxygens (including phenoxy) is 3. The molecule has 1 heterocycles. The Morgan fingerprint density at radius 3 is 2.42 bits per heavy atom. The minimum Gasteiger partial charge on any atom is -0.489 e. The third kappa shape index (κ3) is 4.72. The van der Waals surface area contributed by atoms with Gasteiger partial charge in [-0.2, -0.15) is 0 Å². The molecule has 0 aliphatic heterocycles. The molecular formula is C19H20O7. The lowest BCUT2D eigenvalue weighted by Gasteiger charge is -2.12. The summed E-state index contributed by atoms with van der Waals surface area (Å²) in [6.07, 6.45) is 5.64. The second-order valence-electron chi connectivity index (χ2n) is 5.38. The molecule has 1 aromatic heterocycles. The first-order valence-corrected chi connectivity index (χ1v) is 8.18. The zero-order valence-electron chi connectivity index (χ0n) is 14.9. The molecule has 0 amide bonds. The third-order valence-electron chi connectivity index (χ3n) is 3.25. The van der Waals surface area contributed by atoms with Crippen LogP contribution in [0.1, 0.15) is 33.6 Å². The number of para-hydroxylation sites is 1. The molecule has 2 rings (SSSR count). The monoisotopic (exact) mass is 360 g/mol. The van der Waals surface area contributed by atoms with E-state index in [2.05, 4.69) is 0 Å². The summed E-state index contributed by atoms with van der Waals surface area (Å²) in [4.78, 5) is 34.9. The zero-order chi connectivity index (χ0) is 19.1. The molecule has 7 heteroatoms. The van der Waals surface area contributed by atoms with Gasteiger partial charge in [0.1, 0.15) is 0 Å². The summed E-state index contributed by atoms with van der Waals surface area (Å²) in [6.45, 7) is 4.73. The lowest BCUT2D eigenvalue weighted by atomic mass is 10.2. The number of rotatable bonds is 7. The van der Waals surface area contributed by atoms with E-state index in [0.29, 0.717) is 18.8 Å². The highest BCUT2D eigenvalue weighted by molar-refractivity contribution is 5.92. The van der Waals surface area contributed by atoms with Crippen molar-refractivity contribution in [3.63, 3.8) is 0 Å². The van der Waals surface area contributed by atoms with Crippen LogP contribution in [0.5, 0.6) is 17.2 Å². The number of benzene rings is 1. The summed E-state index contributed by atoms with van der Waals surface area (Å²) in [7, 11) is 0. The van der Waals surface area contributed by atoms with Crippen LogP contribution >= 0.6 is 0 Å². The standard InChI is InChI=1S/C19H20O7/c1-4-5-6-7-11-23-15-10-8-9-14-16(15)26-19(22)18(25-13(3)21)17(14)24-12(2)20/h5-6,8-10H,4,7,11H2,1-3H3. The van der Waals surface area contributed by atoms with E-state index in [1.165, 1.54) is 6.92 Å². The molecular weight excluding hydrogens is 340 g/mol. The van der Waals surface area contributed by atoms with Crippen molar-refractivity contribution in [3.05, 3.63) is 40.8 Å². The summed E-state index contributed by atoms with van der Waals surface area (Å²) >= 11 is 0. The Morgan fingerprint density at radius 2 is 1.77 bits per heavy atom. The van der Waals surface area contributed by atoms with Crippen LogP contribution in [0.25, 0.3) is 11.0 Å². The Labute approximate surface area is 150 Å². The van der Waals surface area contributed by atoms with Gasteiger partial charge in [-0.15, -0.1) is 0 Å². The van der Waals surface area contributed by atoms with Gasteiger partial charge in [0, 0.05) is 13.8 Å². The predicted octanol–water partition coefficient (Wildman–Crippen LogP) is 3.38. The summed E-state index contributed by atoms with van der Waals surface area (Å²) < 4.78 is 20.9. The maximum Gasteiger partial charge on any atom is 0.383 e. The Kier molecular flexibility index (Phi) is 6.54. The van der Waals surface area contributed by atoms with Crippen molar-refractivity contribution >= 4 is 22.9 Å². The summed E-state index contributed by atoms with van der Waals surface area (Å²) in [5.74, 6) is -1.72. The van der Waals surface area contributed by atoms with Crippen LogP contribution in [0.3, 0.4) is 0 Å². The van der Waals surface area contributed by atoms with E-state index in [-0.39, 0.29) is 16.7 Å². The molecule has 0 saturated carbocycles. The highest BCUT2D eigenvalue weighted by Crippen LogP contribution is 2.37. The van der Waals surface area contributed by atoms with E-state index in [1.54, 1.807) is 18.2 Å². The Hall–Kier alpha value is -3.09. The van der Waals surface area contributed by atoms with Crippen molar-refractivity contribution < 1.29 is 28.2 Å². The fourth-order valence-corrected chi connectivity index (χ4v) is 2.27. The van der Waals surface area contributed by atoms with Crippen molar-refractivity contribution in [1.29, 1.82) is 0 Å². The quantitative estimate of drug-likeness (QED) is 0.323. The molecule has 0 unspecified atom stereocenters. The minimum absolute atomic E-state index is 0.115. The predicted molar refractivity (Wildman–Crippen MR) is 94.6 cm³/mol. The second-order valence-corrected chi connectivity index (χ2v) is 5.38. The lowest BCUT2D eigenvalue weighted by molar-refractivity contribution is -0.134. The average molecular weight is 360 g/mol. The second kappa shape index (κ2) is 8.84. The van der Waals surface area contributed by atoms with E-state index < -0.39 is 23.3 Å². The van der Waals surface area contributed by atoms with Gasteiger partial charge in [0.25, 0.3) is 5.75 Å². The maximum atomic E-state index is 12.2. The average Bonchev–Trinajstić information content (AvgIpc) is 2.57. The fourth-order valence-electron chi connectivity index (χ4n) is 2.27. The number of esters is 2. The Bertz CT molecular complexity index is 893. The molecule has 0 bridgehead atoms. The van der Waals surface area contributed by atoms with Crippen LogP contribution < -0.4 is 19.8 Å². The van der Waals surface area contributed by atoms with Crippen LogP contribution in [-0.4, -0.2) is 18.5 Å². The number of carbonyl (C=O) groups excluding carboxylic acids is 2. The smallest absolute Gasteiger partial charge is 0.383 e. The van der Waals surface area contributed by atoms with Crippen molar-refractivity contribution in [3.8, 4) is 17.2 Å². The summed E-state index contributed by atoms with van der Waals surface area (Å²) in [5.41, 5.74) is -0.824. The van der Waals surface area contributed by atoms with E-state index in [0.717, 1.165) is 13.3 Å². The van der Waals surface area contributed by atoms with Gasteiger partial charge in [0.2, 0.25) is 0 Å². The topological polar surface area (TPSA) is 92.0 Å². The van der Waals surface area contributed by atoms with Gasteiger partial charge >= 0.3 is 17.6 Å². The van der Waals surface area contributed by atoms with Gasteiger partial charge < -0.3 is 18.6 Å². The van der Waals surface area contributed by atoms with Crippen LogP contribution in [0.2, 0.25) is 0 Å². The van der Waals surface area contributed by atoms with Gasteiger partial charge in [-0.25, -0.2) is 4.79 Å². The lowest BCUT2D eigenvalue weighted by Crippen LogP contribution is -2.15. The SMILES string of the molecule is CCC=CCCOc1cccc2c(OC(C)=O)c(OC(C)=O)c(=O)oc12. The molecule has 138 valence electrons. The molecule has 0 atom stereocenters. The molecule has 1 aromatic carbocycles. The summed E-state index contributed by atoms with van der Waals surface area (Å²) in [5, 5.41) is 0.289. The summed E-state index contributed by atoms with van der Waals surface area (Å²) in [6, 6.07) is 4.87. The molecule has 0 aliphatic carbocycles. The van der Waals surface area contributed by atoms with Crippen LogP contribution in [0, 0.1) is 0 Å². The van der Waals surface area contributed by atoms with Gasteiger partial charge in [-0.1, -0.05) is 25.1 Å². The molecule has 0 aliphatic rings. The van der Waals surface area contributed by atoms with E-state index in [1.807, 2.05) is 19.1 Å². The van der Waals surface area contributed by atoms with E-state index in [9.17, 15) is 14.4 Å². The Morgan fingerprint density at radius 1 is 1.08 bits per heavy atom. The maximum absolute atomic E-state index is 12.2. The largest absolute Gasteiger partial charge is 0.489 e. The van der Waals surface area contributed by atoms with Crippen LogP contribution in [0.4, 0.5) is 0 Å². The van der Waals surface area contributed by atoms with Gasteiger partial charge in [-0.3, -0.25) is 9.59 Å².